The minimum absolute atomic E-state index is 0.0276. The summed E-state index contributed by atoms with van der Waals surface area (Å²) >= 11 is 0. The fourth-order valence-electron chi connectivity index (χ4n) is 4.01. The molecule has 13 heteroatoms. The number of aliphatic imine (C=N–C) groups is 2. The standard InChI is InChI=1S/C23H22F6N6O/c24-22(25,26)14-35-19-10-17(21(36)34-8-3-1-2-4-9-34)32-12-16(19)20(33-35)18-13-30-7-5-6-15(11-31-18)23(27,28)29/h5-7,10-12H,1-4,8-9,13-14H2. The van der Waals surface area contributed by atoms with Crippen LogP contribution in [0.4, 0.5) is 26.3 Å². The molecular weight excluding hydrogens is 490 g/mol. The third-order valence-electron chi connectivity index (χ3n) is 5.75. The van der Waals surface area contributed by atoms with Crippen LogP contribution < -0.4 is 0 Å². The highest BCUT2D eigenvalue weighted by Gasteiger charge is 2.33. The maximum atomic E-state index is 13.3. The first kappa shape index (κ1) is 25.6. The molecule has 0 aliphatic carbocycles. The number of allylic oxidation sites excluding steroid dienone is 3. The van der Waals surface area contributed by atoms with Crippen molar-refractivity contribution in [2.45, 2.75) is 44.6 Å². The Morgan fingerprint density at radius 2 is 1.75 bits per heavy atom. The van der Waals surface area contributed by atoms with Crippen molar-refractivity contribution in [3.63, 3.8) is 0 Å². The van der Waals surface area contributed by atoms with Gasteiger partial charge >= 0.3 is 12.4 Å². The van der Waals surface area contributed by atoms with Gasteiger partial charge < -0.3 is 4.90 Å². The quantitative estimate of drug-likeness (QED) is 0.550. The molecule has 0 N–H and O–H groups in total. The van der Waals surface area contributed by atoms with E-state index in [0.717, 1.165) is 44.0 Å². The Bertz CT molecular complexity index is 1250. The van der Waals surface area contributed by atoms with Crippen LogP contribution in [0.2, 0.25) is 0 Å². The highest BCUT2D eigenvalue weighted by atomic mass is 19.4. The van der Waals surface area contributed by atoms with Gasteiger partial charge in [-0.25, -0.2) is 0 Å². The second kappa shape index (κ2) is 10.2. The van der Waals surface area contributed by atoms with Crippen LogP contribution in [0.1, 0.15) is 41.9 Å². The van der Waals surface area contributed by atoms with Crippen LogP contribution in [0.3, 0.4) is 0 Å². The van der Waals surface area contributed by atoms with E-state index in [1.165, 1.54) is 12.3 Å². The molecule has 192 valence electrons. The highest BCUT2D eigenvalue weighted by Crippen LogP contribution is 2.28. The Kier molecular flexibility index (Phi) is 7.27. The van der Waals surface area contributed by atoms with Gasteiger partial charge in [0.25, 0.3) is 5.91 Å². The molecule has 0 saturated carbocycles. The molecule has 0 bridgehead atoms. The number of halogens is 6. The maximum Gasteiger partial charge on any atom is 0.417 e. The topological polar surface area (TPSA) is 75.7 Å². The third kappa shape index (κ3) is 6.00. The zero-order chi connectivity index (χ0) is 25.9. The number of rotatable bonds is 3. The third-order valence-corrected chi connectivity index (χ3v) is 5.75. The van der Waals surface area contributed by atoms with Crippen molar-refractivity contribution in [3.8, 4) is 0 Å². The zero-order valence-electron chi connectivity index (χ0n) is 19.0. The van der Waals surface area contributed by atoms with E-state index in [4.69, 9.17) is 0 Å². The second-order valence-electron chi connectivity index (χ2n) is 8.42. The summed E-state index contributed by atoms with van der Waals surface area (Å²) in [4.78, 5) is 26.6. The number of nitrogens with zero attached hydrogens (tertiary/aromatic N) is 6. The Balaban J connectivity index is 1.80. The molecule has 0 aromatic carbocycles. The van der Waals surface area contributed by atoms with Crippen molar-refractivity contribution in [3.05, 3.63) is 47.6 Å². The second-order valence-corrected chi connectivity index (χ2v) is 8.42. The van der Waals surface area contributed by atoms with E-state index in [1.54, 1.807) is 4.90 Å². The van der Waals surface area contributed by atoms with Gasteiger partial charge in [0, 0.05) is 37.1 Å². The Morgan fingerprint density at radius 1 is 1.03 bits per heavy atom. The number of pyridine rings is 1. The number of fused-ring (bicyclic) bond motifs is 1. The lowest BCUT2D eigenvalue weighted by molar-refractivity contribution is -0.141. The molecule has 0 radical (unpaired) electrons. The van der Waals surface area contributed by atoms with Gasteiger partial charge in [-0.2, -0.15) is 31.4 Å². The van der Waals surface area contributed by atoms with Gasteiger partial charge in [0.05, 0.1) is 23.3 Å². The molecule has 1 fully saturated rings. The summed E-state index contributed by atoms with van der Waals surface area (Å²) in [5.41, 5.74) is -1.28. The first-order chi connectivity index (χ1) is 17.0. The smallest absolute Gasteiger partial charge is 0.337 e. The normalized spacial score (nSPS) is 17.8. The molecule has 0 spiro atoms. The molecule has 4 heterocycles. The fourth-order valence-corrected chi connectivity index (χ4v) is 4.01. The number of aromatic nitrogens is 3. The summed E-state index contributed by atoms with van der Waals surface area (Å²) < 4.78 is 80.3. The van der Waals surface area contributed by atoms with Crippen LogP contribution in [-0.2, 0) is 6.54 Å². The van der Waals surface area contributed by atoms with Crippen molar-refractivity contribution in [1.29, 1.82) is 0 Å². The molecule has 1 amide bonds. The van der Waals surface area contributed by atoms with E-state index in [0.29, 0.717) is 24.0 Å². The number of likely N-dealkylation sites (tertiary alicyclic amines) is 1. The Morgan fingerprint density at radius 3 is 2.42 bits per heavy atom. The van der Waals surface area contributed by atoms with Crippen molar-refractivity contribution < 1.29 is 31.1 Å². The van der Waals surface area contributed by atoms with E-state index in [2.05, 4.69) is 20.1 Å². The van der Waals surface area contributed by atoms with Gasteiger partial charge in [-0.05, 0) is 31.1 Å². The predicted octanol–water partition coefficient (Wildman–Crippen LogP) is 4.89. The van der Waals surface area contributed by atoms with E-state index in [9.17, 15) is 31.1 Å². The van der Waals surface area contributed by atoms with Crippen LogP contribution in [0.5, 0.6) is 0 Å². The van der Waals surface area contributed by atoms with Gasteiger partial charge in [0.15, 0.2) is 0 Å². The molecule has 2 aromatic rings. The monoisotopic (exact) mass is 512 g/mol. The lowest BCUT2D eigenvalue weighted by atomic mass is 10.1. The van der Waals surface area contributed by atoms with E-state index in [1.807, 2.05) is 0 Å². The van der Waals surface area contributed by atoms with Gasteiger partial charge in [-0.15, -0.1) is 0 Å². The molecule has 36 heavy (non-hydrogen) atoms. The first-order valence-corrected chi connectivity index (χ1v) is 11.3. The van der Waals surface area contributed by atoms with Crippen LogP contribution >= 0.6 is 0 Å². The average Bonchev–Trinajstić information content (AvgIpc) is 2.98. The van der Waals surface area contributed by atoms with Crippen LogP contribution in [0.25, 0.3) is 10.9 Å². The number of carbonyl (C=O) groups excluding carboxylic acids is 1. The molecule has 2 aromatic heterocycles. The number of alkyl halides is 6. The molecule has 2 aliphatic rings. The van der Waals surface area contributed by atoms with E-state index >= 15 is 0 Å². The molecule has 0 unspecified atom stereocenters. The average molecular weight is 512 g/mol. The van der Waals surface area contributed by atoms with Crippen molar-refractivity contribution >= 4 is 28.7 Å². The lowest BCUT2D eigenvalue weighted by Gasteiger charge is -2.19. The predicted molar refractivity (Wildman–Crippen MR) is 121 cm³/mol. The van der Waals surface area contributed by atoms with Crippen LogP contribution in [0, 0.1) is 0 Å². The molecule has 7 nitrogen and oxygen atoms in total. The molecule has 1 saturated heterocycles. The Labute approximate surface area is 201 Å². The number of amides is 1. The number of hydrogen-bond donors (Lipinski definition) is 0. The SMILES string of the molecule is O=C(c1cc2c(cn1)c(C1=NC=C(C(F)(F)F)C=CC=NC1)nn2CC(F)(F)F)N1CCCCCC1. The number of carbonyl (C=O) groups is 1. The molecule has 0 atom stereocenters. The minimum Gasteiger partial charge on any atom is -0.337 e. The fraction of sp³-hybridized carbons (Fsp3) is 0.435. The van der Waals surface area contributed by atoms with Crippen LogP contribution in [0.15, 0.2) is 46.2 Å². The summed E-state index contributed by atoms with van der Waals surface area (Å²) in [6.45, 7) is -0.629. The van der Waals surface area contributed by atoms with E-state index < -0.39 is 30.4 Å². The van der Waals surface area contributed by atoms with Gasteiger partial charge in [0.2, 0.25) is 0 Å². The van der Waals surface area contributed by atoms with E-state index in [-0.39, 0.29) is 34.5 Å². The van der Waals surface area contributed by atoms with Crippen LogP contribution in [-0.4, -0.2) is 69.5 Å². The summed E-state index contributed by atoms with van der Waals surface area (Å²) in [6.07, 6.45) is -0.874. The highest BCUT2D eigenvalue weighted by molar-refractivity contribution is 6.11. The van der Waals surface area contributed by atoms with Gasteiger partial charge in [0.1, 0.15) is 17.9 Å². The molecule has 4 rings (SSSR count). The Hall–Kier alpha value is -3.51. The van der Waals surface area contributed by atoms with Gasteiger partial charge in [-0.3, -0.25) is 24.4 Å². The summed E-state index contributed by atoms with van der Waals surface area (Å²) in [7, 11) is 0. The van der Waals surface area contributed by atoms with Crippen molar-refractivity contribution in [1.82, 2.24) is 19.7 Å². The molecular formula is C23H22F6N6O. The summed E-state index contributed by atoms with van der Waals surface area (Å²) in [6, 6.07) is 1.24. The largest absolute Gasteiger partial charge is 0.417 e. The summed E-state index contributed by atoms with van der Waals surface area (Å²) in [5, 5.41) is 4.13. The number of hydrogen-bond acceptors (Lipinski definition) is 5. The van der Waals surface area contributed by atoms with Gasteiger partial charge in [-0.1, -0.05) is 12.8 Å². The zero-order valence-corrected chi connectivity index (χ0v) is 19.0. The lowest BCUT2D eigenvalue weighted by Crippen LogP contribution is -2.32. The molecule has 2 aliphatic heterocycles. The van der Waals surface area contributed by atoms with Crippen molar-refractivity contribution in [2.24, 2.45) is 9.98 Å². The first-order valence-electron chi connectivity index (χ1n) is 11.3. The summed E-state index contributed by atoms with van der Waals surface area (Å²) in [5.74, 6) is -0.395. The van der Waals surface area contributed by atoms with Crippen molar-refractivity contribution in [2.75, 3.05) is 19.6 Å². The maximum absolute atomic E-state index is 13.3. The minimum atomic E-state index is -4.69.